The third-order valence-corrected chi connectivity index (χ3v) is 2.77. The highest BCUT2D eigenvalue weighted by Crippen LogP contribution is 2.25. The third-order valence-electron chi connectivity index (χ3n) is 2.77. The van der Waals surface area contributed by atoms with Crippen LogP contribution in [0.3, 0.4) is 0 Å². The van der Waals surface area contributed by atoms with E-state index in [1.165, 1.54) is 6.33 Å². The zero-order valence-corrected chi connectivity index (χ0v) is 12.3. The van der Waals surface area contributed by atoms with Crippen molar-refractivity contribution in [3.8, 4) is 5.88 Å². The summed E-state index contributed by atoms with van der Waals surface area (Å²) in [5.74, 6) is 0.824. The van der Waals surface area contributed by atoms with Crippen LogP contribution in [0.25, 0.3) is 0 Å². The molecule has 20 heavy (non-hydrogen) atoms. The maximum Gasteiger partial charge on any atom is 0.242 e. The Morgan fingerprint density at radius 1 is 1.40 bits per heavy atom. The molecule has 1 unspecified atom stereocenters. The Hall–Kier alpha value is -1.60. The normalized spacial score (nSPS) is 13.8. The molecule has 1 aromatic rings. The van der Waals surface area contributed by atoms with Gasteiger partial charge in [0, 0.05) is 26.7 Å². The molecule has 0 spiro atoms. The number of nitrogens with two attached hydrogens (primary N) is 1. The van der Waals surface area contributed by atoms with Crippen LogP contribution in [0, 0.1) is 0 Å². The molecule has 0 saturated heterocycles. The molecule has 1 aromatic heterocycles. The van der Waals surface area contributed by atoms with Gasteiger partial charge in [-0.3, -0.25) is 0 Å². The molecule has 4 N–H and O–H groups in total. The molecule has 0 fully saturated rings. The average molecular weight is 284 g/mol. The molecule has 1 atom stereocenters. The standard InChI is InChI=1S/C13H24N4O3/c1-4-6-20-12-10(14)11(16-9-17-12)15-8-13(2,18)5-7-19-3/h9,18H,4-8,14H2,1-3H3,(H,15,16,17). The van der Waals surface area contributed by atoms with Crippen LogP contribution >= 0.6 is 0 Å². The number of hydrogen-bond donors (Lipinski definition) is 3. The Bertz CT molecular complexity index is 413. The number of nitrogens with zero attached hydrogens (tertiary/aromatic N) is 2. The van der Waals surface area contributed by atoms with Crippen LogP contribution in [0.4, 0.5) is 11.5 Å². The molecule has 7 nitrogen and oxygen atoms in total. The summed E-state index contributed by atoms with van der Waals surface area (Å²) in [5.41, 5.74) is 5.38. The Balaban J connectivity index is 2.63. The van der Waals surface area contributed by atoms with Gasteiger partial charge in [0.25, 0.3) is 0 Å². The minimum Gasteiger partial charge on any atom is -0.476 e. The van der Waals surface area contributed by atoms with E-state index in [0.717, 1.165) is 6.42 Å². The first kappa shape index (κ1) is 16.5. The minimum atomic E-state index is -0.905. The predicted octanol–water partition coefficient (Wildman–Crippen LogP) is 1.05. The molecule has 0 aliphatic rings. The second-order valence-corrected chi connectivity index (χ2v) is 4.88. The predicted molar refractivity (Wildman–Crippen MR) is 77.8 cm³/mol. The quantitative estimate of drug-likeness (QED) is 0.622. The monoisotopic (exact) mass is 284 g/mol. The zero-order valence-electron chi connectivity index (χ0n) is 12.3. The fraction of sp³-hybridized carbons (Fsp3) is 0.692. The summed E-state index contributed by atoms with van der Waals surface area (Å²) >= 11 is 0. The molecule has 0 aliphatic heterocycles. The molecule has 0 aromatic carbocycles. The molecule has 0 saturated carbocycles. The van der Waals surface area contributed by atoms with Gasteiger partial charge in [0.1, 0.15) is 12.0 Å². The number of rotatable bonds is 9. The van der Waals surface area contributed by atoms with Gasteiger partial charge in [0.05, 0.1) is 12.2 Å². The number of ether oxygens (including phenoxy) is 2. The third kappa shape index (κ3) is 5.18. The van der Waals surface area contributed by atoms with E-state index in [1.807, 2.05) is 6.92 Å². The van der Waals surface area contributed by atoms with Gasteiger partial charge in [-0.05, 0) is 13.3 Å². The molecule has 114 valence electrons. The van der Waals surface area contributed by atoms with Crippen molar-refractivity contribution in [2.75, 3.05) is 37.9 Å². The van der Waals surface area contributed by atoms with Gasteiger partial charge in [0.15, 0.2) is 5.82 Å². The van der Waals surface area contributed by atoms with E-state index >= 15 is 0 Å². The van der Waals surface area contributed by atoms with Crippen molar-refractivity contribution < 1.29 is 14.6 Å². The lowest BCUT2D eigenvalue weighted by Crippen LogP contribution is -2.35. The molecular weight excluding hydrogens is 260 g/mol. The largest absolute Gasteiger partial charge is 0.476 e. The second kappa shape index (κ2) is 7.86. The Morgan fingerprint density at radius 3 is 2.80 bits per heavy atom. The molecule has 1 heterocycles. The first-order valence-electron chi connectivity index (χ1n) is 6.68. The summed E-state index contributed by atoms with van der Waals surface area (Å²) in [7, 11) is 1.60. The molecular formula is C13H24N4O3. The number of nitrogens with one attached hydrogen (secondary N) is 1. The fourth-order valence-corrected chi connectivity index (χ4v) is 1.52. The minimum absolute atomic E-state index is 0.310. The van der Waals surface area contributed by atoms with Crippen LogP contribution in [0.2, 0.25) is 0 Å². The van der Waals surface area contributed by atoms with Crippen LogP contribution in [-0.4, -0.2) is 47.5 Å². The van der Waals surface area contributed by atoms with Crippen molar-refractivity contribution in [1.82, 2.24) is 9.97 Å². The molecule has 7 heteroatoms. The SMILES string of the molecule is CCCOc1ncnc(NCC(C)(O)CCOC)c1N. The van der Waals surface area contributed by atoms with Gasteiger partial charge in [-0.2, -0.15) is 4.98 Å². The van der Waals surface area contributed by atoms with Gasteiger partial charge in [-0.25, -0.2) is 4.98 Å². The number of methoxy groups -OCH3 is 1. The average Bonchev–Trinajstić information content (AvgIpc) is 2.43. The second-order valence-electron chi connectivity index (χ2n) is 4.88. The lowest BCUT2D eigenvalue weighted by Gasteiger charge is -2.24. The van der Waals surface area contributed by atoms with Crippen LogP contribution in [0.15, 0.2) is 6.33 Å². The van der Waals surface area contributed by atoms with Crippen molar-refractivity contribution >= 4 is 11.5 Å². The molecule has 0 radical (unpaired) electrons. The molecule has 1 rings (SSSR count). The highest BCUT2D eigenvalue weighted by molar-refractivity contribution is 5.66. The van der Waals surface area contributed by atoms with E-state index in [1.54, 1.807) is 14.0 Å². The van der Waals surface area contributed by atoms with Crippen LogP contribution in [0.5, 0.6) is 5.88 Å². The van der Waals surface area contributed by atoms with Crippen molar-refractivity contribution in [3.63, 3.8) is 0 Å². The van der Waals surface area contributed by atoms with Crippen molar-refractivity contribution in [1.29, 1.82) is 0 Å². The van der Waals surface area contributed by atoms with E-state index < -0.39 is 5.60 Å². The number of aromatic nitrogens is 2. The Morgan fingerprint density at radius 2 is 2.15 bits per heavy atom. The van der Waals surface area contributed by atoms with Crippen molar-refractivity contribution in [2.24, 2.45) is 0 Å². The highest BCUT2D eigenvalue weighted by Gasteiger charge is 2.21. The number of aliphatic hydroxyl groups is 1. The fourth-order valence-electron chi connectivity index (χ4n) is 1.52. The summed E-state index contributed by atoms with van der Waals surface area (Å²) in [5, 5.41) is 13.2. The van der Waals surface area contributed by atoms with Crippen LogP contribution in [-0.2, 0) is 4.74 Å². The lowest BCUT2D eigenvalue weighted by atomic mass is 10.0. The van der Waals surface area contributed by atoms with E-state index in [-0.39, 0.29) is 0 Å². The molecule has 0 aliphatic carbocycles. The summed E-state index contributed by atoms with van der Waals surface area (Å²) in [6, 6.07) is 0. The topological polar surface area (TPSA) is 103 Å². The zero-order chi connectivity index (χ0) is 15.0. The lowest BCUT2D eigenvalue weighted by molar-refractivity contribution is 0.0357. The summed E-state index contributed by atoms with van der Waals surface area (Å²) in [6.07, 6.45) is 2.77. The van der Waals surface area contributed by atoms with Crippen LogP contribution < -0.4 is 15.8 Å². The van der Waals surface area contributed by atoms with Crippen molar-refractivity contribution in [3.05, 3.63) is 6.33 Å². The van der Waals surface area contributed by atoms with E-state index in [0.29, 0.717) is 43.6 Å². The smallest absolute Gasteiger partial charge is 0.242 e. The first-order chi connectivity index (χ1) is 9.50. The number of hydrogen-bond acceptors (Lipinski definition) is 7. The van der Waals surface area contributed by atoms with Gasteiger partial charge >= 0.3 is 0 Å². The summed E-state index contributed by atoms with van der Waals surface area (Å²) in [4.78, 5) is 8.05. The number of nitrogen functional groups attached to an aromatic ring is 1. The van der Waals surface area contributed by atoms with Crippen molar-refractivity contribution in [2.45, 2.75) is 32.3 Å². The Labute approximate surface area is 119 Å². The first-order valence-corrected chi connectivity index (χ1v) is 6.68. The maximum atomic E-state index is 10.2. The van der Waals surface area contributed by atoms with E-state index in [2.05, 4.69) is 15.3 Å². The number of anilines is 2. The van der Waals surface area contributed by atoms with E-state index in [9.17, 15) is 5.11 Å². The summed E-state index contributed by atoms with van der Waals surface area (Å²) in [6.45, 7) is 5.07. The highest BCUT2D eigenvalue weighted by atomic mass is 16.5. The van der Waals surface area contributed by atoms with E-state index in [4.69, 9.17) is 15.2 Å². The molecule has 0 amide bonds. The van der Waals surface area contributed by atoms with Gasteiger partial charge in [0.2, 0.25) is 5.88 Å². The van der Waals surface area contributed by atoms with Crippen LogP contribution in [0.1, 0.15) is 26.7 Å². The molecule has 0 bridgehead atoms. The van der Waals surface area contributed by atoms with Gasteiger partial charge < -0.3 is 25.6 Å². The van der Waals surface area contributed by atoms with Gasteiger partial charge in [-0.15, -0.1) is 0 Å². The summed E-state index contributed by atoms with van der Waals surface area (Å²) < 4.78 is 10.4. The maximum absolute atomic E-state index is 10.2. The van der Waals surface area contributed by atoms with Gasteiger partial charge in [-0.1, -0.05) is 6.92 Å². The Kier molecular flexibility index (Phi) is 6.47.